The Bertz CT molecular complexity index is 1050. The lowest BCUT2D eigenvalue weighted by molar-refractivity contribution is 0.209. The molecule has 2 aliphatic rings. The van der Waals surface area contributed by atoms with Crippen molar-refractivity contribution in [3.8, 4) is 10.9 Å². The zero-order valence-electron chi connectivity index (χ0n) is 17.1. The molecule has 2 unspecified atom stereocenters. The molecule has 30 heavy (non-hydrogen) atoms. The second-order valence-electron chi connectivity index (χ2n) is 8.47. The molecule has 6 nitrogen and oxygen atoms in total. The van der Waals surface area contributed by atoms with Crippen LogP contribution in [0.1, 0.15) is 11.1 Å². The van der Waals surface area contributed by atoms with Crippen LogP contribution in [0.15, 0.2) is 42.5 Å². The van der Waals surface area contributed by atoms with Gasteiger partial charge in [0.2, 0.25) is 0 Å². The van der Waals surface area contributed by atoms with Crippen LogP contribution in [0, 0.1) is 18.8 Å². The molecule has 0 bridgehead atoms. The number of carbonyl (C=O) groups is 1. The fourth-order valence-corrected chi connectivity index (χ4v) is 5.55. The number of ether oxygens (including phenoxy) is 1. The lowest BCUT2D eigenvalue weighted by atomic mass is 10.0. The molecule has 5 rings (SSSR count). The van der Waals surface area contributed by atoms with Crippen molar-refractivity contribution < 1.29 is 9.53 Å². The van der Waals surface area contributed by atoms with Gasteiger partial charge in [0.05, 0.1) is 10.2 Å². The Balaban J connectivity index is 1.14. The first-order valence-corrected chi connectivity index (χ1v) is 11.3. The highest BCUT2D eigenvalue weighted by Crippen LogP contribution is 2.33. The number of primary amides is 1. The Morgan fingerprint density at radius 3 is 2.57 bits per heavy atom. The van der Waals surface area contributed by atoms with E-state index in [-0.39, 0.29) is 6.03 Å². The molecule has 2 fully saturated rings. The van der Waals surface area contributed by atoms with Crippen LogP contribution >= 0.6 is 11.3 Å². The van der Waals surface area contributed by atoms with Crippen molar-refractivity contribution in [3.63, 3.8) is 0 Å². The summed E-state index contributed by atoms with van der Waals surface area (Å²) in [5.41, 5.74) is 8.93. The second-order valence-corrected chi connectivity index (χ2v) is 9.46. The first-order valence-electron chi connectivity index (χ1n) is 10.4. The summed E-state index contributed by atoms with van der Waals surface area (Å²) in [4.78, 5) is 20.2. The number of aromatic nitrogens is 1. The number of urea groups is 1. The number of carbonyl (C=O) groups excluding carboxylic acids is 1. The van der Waals surface area contributed by atoms with Gasteiger partial charge in [-0.05, 0) is 60.6 Å². The molecule has 3 aromatic rings. The van der Waals surface area contributed by atoms with Crippen LogP contribution in [-0.2, 0) is 6.42 Å². The number of benzene rings is 2. The second kappa shape index (κ2) is 7.89. The number of thiazole rings is 1. The number of aryl methyl sites for hydroxylation is 1. The average Bonchev–Trinajstić information content (AvgIpc) is 3.39. The van der Waals surface area contributed by atoms with E-state index in [4.69, 9.17) is 10.5 Å². The van der Waals surface area contributed by atoms with Crippen molar-refractivity contribution in [1.29, 1.82) is 0 Å². The Hall–Kier alpha value is -2.64. The molecular formula is C23H26N4O2S. The summed E-state index contributed by atoms with van der Waals surface area (Å²) in [7, 11) is 0. The summed E-state index contributed by atoms with van der Waals surface area (Å²) in [5, 5.41) is 0.678. The van der Waals surface area contributed by atoms with Gasteiger partial charge in [-0.2, -0.15) is 0 Å². The Labute approximate surface area is 180 Å². The summed E-state index contributed by atoms with van der Waals surface area (Å²) in [5.74, 6) is 1.97. The molecule has 2 N–H and O–H groups in total. The quantitative estimate of drug-likeness (QED) is 0.677. The topological polar surface area (TPSA) is 71.7 Å². The van der Waals surface area contributed by atoms with Crippen molar-refractivity contribution in [2.75, 3.05) is 32.7 Å². The van der Waals surface area contributed by atoms with E-state index in [1.165, 1.54) is 11.1 Å². The first-order chi connectivity index (χ1) is 14.5. The number of fused-ring (bicyclic) bond motifs is 2. The molecule has 2 amide bonds. The lowest BCUT2D eigenvalue weighted by Crippen LogP contribution is -2.37. The maximum Gasteiger partial charge on any atom is 0.314 e. The standard InChI is InChI=1S/C23H26N4O2S/c1-15-2-7-20-21(10-15)30-23(25-20)29-19-5-3-16(4-6-19)8-9-26-11-17-13-27(22(24)28)14-18(17)12-26/h2-7,10,17-18H,8-9,11-14H2,1H3,(H2,24,28). The third-order valence-corrected chi connectivity index (χ3v) is 7.14. The molecule has 7 heteroatoms. The highest BCUT2D eigenvalue weighted by Gasteiger charge is 2.40. The summed E-state index contributed by atoms with van der Waals surface area (Å²) in [6.45, 7) is 6.88. The summed E-state index contributed by atoms with van der Waals surface area (Å²) < 4.78 is 7.12. The third-order valence-electron chi connectivity index (χ3n) is 6.24. The SMILES string of the molecule is Cc1ccc2nc(Oc3ccc(CCN4CC5CN(C(N)=O)CC5C4)cc3)sc2c1. The summed E-state index contributed by atoms with van der Waals surface area (Å²) >= 11 is 1.58. The van der Waals surface area contributed by atoms with Crippen LogP contribution in [0.4, 0.5) is 4.79 Å². The van der Waals surface area contributed by atoms with Crippen LogP contribution in [0.2, 0.25) is 0 Å². The minimum Gasteiger partial charge on any atom is -0.431 e. The minimum atomic E-state index is -0.279. The van der Waals surface area contributed by atoms with Crippen LogP contribution in [0.3, 0.4) is 0 Å². The molecule has 0 spiro atoms. The fraction of sp³-hybridized carbons (Fsp3) is 0.391. The number of hydrogen-bond acceptors (Lipinski definition) is 5. The number of nitrogens with zero attached hydrogens (tertiary/aromatic N) is 3. The maximum absolute atomic E-state index is 11.3. The molecule has 0 radical (unpaired) electrons. The molecule has 3 heterocycles. The third kappa shape index (κ3) is 4.00. The van der Waals surface area contributed by atoms with Crippen molar-refractivity contribution >= 4 is 27.6 Å². The number of hydrogen-bond donors (Lipinski definition) is 1. The van der Waals surface area contributed by atoms with Gasteiger partial charge in [0.15, 0.2) is 0 Å². The number of amides is 2. The molecule has 2 atom stereocenters. The van der Waals surface area contributed by atoms with Crippen LogP contribution in [0.5, 0.6) is 10.9 Å². The minimum absolute atomic E-state index is 0.279. The Morgan fingerprint density at radius 1 is 1.13 bits per heavy atom. The molecule has 0 saturated carbocycles. The van der Waals surface area contributed by atoms with Gasteiger partial charge >= 0.3 is 6.03 Å². The fourth-order valence-electron chi connectivity index (χ4n) is 4.62. The average molecular weight is 423 g/mol. The smallest absolute Gasteiger partial charge is 0.314 e. The van der Waals surface area contributed by atoms with E-state index in [0.717, 1.165) is 55.1 Å². The molecular weight excluding hydrogens is 396 g/mol. The lowest BCUT2D eigenvalue weighted by Gasteiger charge is -2.20. The van der Waals surface area contributed by atoms with Crippen LogP contribution in [-0.4, -0.2) is 53.5 Å². The van der Waals surface area contributed by atoms with E-state index in [9.17, 15) is 4.79 Å². The van der Waals surface area contributed by atoms with Gasteiger partial charge in [-0.25, -0.2) is 9.78 Å². The predicted octanol–water partition coefficient (Wildman–Crippen LogP) is 3.88. The largest absolute Gasteiger partial charge is 0.431 e. The van der Waals surface area contributed by atoms with Crippen LogP contribution < -0.4 is 10.5 Å². The van der Waals surface area contributed by atoms with Crippen molar-refractivity contribution in [2.45, 2.75) is 13.3 Å². The summed E-state index contributed by atoms with van der Waals surface area (Å²) in [6, 6.07) is 14.3. The molecule has 0 aliphatic carbocycles. The maximum atomic E-state index is 11.3. The highest BCUT2D eigenvalue weighted by atomic mass is 32.1. The molecule has 1 aromatic heterocycles. The number of nitrogens with two attached hydrogens (primary N) is 1. The van der Waals surface area contributed by atoms with Gasteiger partial charge in [0.25, 0.3) is 5.19 Å². The van der Waals surface area contributed by atoms with Gasteiger partial charge in [0, 0.05) is 32.7 Å². The zero-order chi connectivity index (χ0) is 20.7. The van der Waals surface area contributed by atoms with E-state index < -0.39 is 0 Å². The van der Waals surface area contributed by atoms with Gasteiger partial charge in [-0.15, -0.1) is 0 Å². The van der Waals surface area contributed by atoms with E-state index in [2.05, 4.69) is 41.1 Å². The van der Waals surface area contributed by atoms with E-state index in [1.807, 2.05) is 18.2 Å². The predicted molar refractivity (Wildman–Crippen MR) is 119 cm³/mol. The Kier molecular flexibility index (Phi) is 5.08. The summed E-state index contributed by atoms with van der Waals surface area (Å²) in [6.07, 6.45) is 1.01. The van der Waals surface area contributed by atoms with Crippen molar-refractivity contribution in [3.05, 3.63) is 53.6 Å². The van der Waals surface area contributed by atoms with E-state index >= 15 is 0 Å². The highest BCUT2D eigenvalue weighted by molar-refractivity contribution is 7.20. The van der Waals surface area contributed by atoms with Gasteiger partial charge < -0.3 is 20.3 Å². The van der Waals surface area contributed by atoms with E-state index in [1.54, 1.807) is 16.2 Å². The number of likely N-dealkylation sites (tertiary alicyclic amines) is 2. The first kappa shape index (κ1) is 19.3. The monoisotopic (exact) mass is 422 g/mol. The van der Waals surface area contributed by atoms with Crippen LogP contribution in [0.25, 0.3) is 10.2 Å². The van der Waals surface area contributed by atoms with Crippen molar-refractivity contribution in [1.82, 2.24) is 14.8 Å². The van der Waals surface area contributed by atoms with Gasteiger partial charge in [-0.3, -0.25) is 0 Å². The van der Waals surface area contributed by atoms with E-state index in [0.29, 0.717) is 17.0 Å². The Morgan fingerprint density at radius 2 is 1.87 bits per heavy atom. The number of rotatable bonds is 5. The zero-order valence-corrected chi connectivity index (χ0v) is 17.9. The van der Waals surface area contributed by atoms with Gasteiger partial charge in [0.1, 0.15) is 5.75 Å². The van der Waals surface area contributed by atoms with Gasteiger partial charge in [-0.1, -0.05) is 29.5 Å². The molecule has 2 saturated heterocycles. The molecule has 2 aromatic carbocycles. The van der Waals surface area contributed by atoms with Crippen molar-refractivity contribution in [2.24, 2.45) is 17.6 Å². The molecule has 2 aliphatic heterocycles. The normalized spacial score (nSPS) is 21.3. The molecule has 156 valence electrons.